The van der Waals surface area contributed by atoms with Crippen LogP contribution in [-0.2, 0) is 11.0 Å². The van der Waals surface area contributed by atoms with Gasteiger partial charge in [0.2, 0.25) is 0 Å². The van der Waals surface area contributed by atoms with Crippen molar-refractivity contribution in [2.45, 2.75) is 32.5 Å². The van der Waals surface area contributed by atoms with Crippen molar-refractivity contribution in [2.75, 3.05) is 5.32 Å². The minimum Gasteiger partial charge on any atom is -0.360 e. The molecule has 1 aromatic rings. The molecule has 4 nitrogen and oxygen atoms in total. The highest BCUT2D eigenvalue weighted by molar-refractivity contribution is 5.97. The van der Waals surface area contributed by atoms with Crippen molar-refractivity contribution in [3.8, 4) is 6.07 Å². The second-order valence-corrected chi connectivity index (χ2v) is 4.64. The first-order chi connectivity index (χ1) is 10.3. The summed E-state index contributed by atoms with van der Waals surface area (Å²) in [6.07, 6.45) is -2.87. The van der Waals surface area contributed by atoms with Gasteiger partial charge in [0, 0.05) is 12.2 Å². The molecule has 0 spiro atoms. The predicted molar refractivity (Wildman–Crippen MR) is 76.7 cm³/mol. The van der Waals surface area contributed by atoms with E-state index in [1.165, 1.54) is 18.2 Å². The number of nitrogens with zero attached hydrogens (tertiary/aromatic N) is 1. The fourth-order valence-corrected chi connectivity index (χ4v) is 1.56. The average Bonchev–Trinajstić information content (AvgIpc) is 2.47. The van der Waals surface area contributed by atoms with Gasteiger partial charge >= 0.3 is 6.18 Å². The summed E-state index contributed by atoms with van der Waals surface area (Å²) >= 11 is 0. The van der Waals surface area contributed by atoms with E-state index in [1.54, 1.807) is 13.0 Å². The normalized spacial score (nSPS) is 13.2. The number of hydrogen-bond donors (Lipinski definition) is 2. The lowest BCUT2D eigenvalue weighted by Gasteiger charge is -2.13. The third-order valence-electron chi connectivity index (χ3n) is 2.96. The zero-order valence-corrected chi connectivity index (χ0v) is 12.2. The molecule has 1 aromatic carbocycles. The third kappa shape index (κ3) is 4.81. The maximum atomic E-state index is 12.8. The number of nitrogens with one attached hydrogen (secondary N) is 2. The molecule has 7 heteroatoms. The zero-order valence-electron chi connectivity index (χ0n) is 12.2. The molecule has 0 radical (unpaired) electrons. The van der Waals surface area contributed by atoms with E-state index in [-0.39, 0.29) is 17.3 Å². The molecule has 0 heterocycles. The van der Waals surface area contributed by atoms with Crippen LogP contribution in [0.5, 0.6) is 0 Å². The second-order valence-electron chi connectivity index (χ2n) is 4.64. The van der Waals surface area contributed by atoms with Crippen LogP contribution in [0.15, 0.2) is 36.0 Å². The van der Waals surface area contributed by atoms with Gasteiger partial charge in [0.05, 0.1) is 11.3 Å². The van der Waals surface area contributed by atoms with E-state index >= 15 is 0 Å². The van der Waals surface area contributed by atoms with Gasteiger partial charge in [0.25, 0.3) is 5.91 Å². The molecule has 118 valence electrons. The number of halogens is 3. The van der Waals surface area contributed by atoms with Gasteiger partial charge in [-0.05, 0) is 25.5 Å². The summed E-state index contributed by atoms with van der Waals surface area (Å²) in [5.41, 5.74) is -1.39. The molecule has 0 aromatic heterocycles. The quantitative estimate of drug-likeness (QED) is 0.646. The summed E-state index contributed by atoms with van der Waals surface area (Å²) in [5.74, 6) is -0.631. The number of alkyl halides is 3. The van der Waals surface area contributed by atoms with Gasteiger partial charge in [0.1, 0.15) is 11.6 Å². The zero-order chi connectivity index (χ0) is 16.8. The molecule has 0 aliphatic rings. The SMILES string of the molecule is CCC(C)NC(=O)/C(C#N)=C\Nc1ccccc1C(F)(F)F. The molecule has 0 bridgehead atoms. The maximum absolute atomic E-state index is 12.8. The molecule has 1 amide bonds. The molecule has 0 saturated carbocycles. The number of para-hydroxylation sites is 1. The Kier molecular flexibility index (Phi) is 5.99. The summed E-state index contributed by atoms with van der Waals surface area (Å²) in [6.45, 7) is 3.62. The minimum absolute atomic E-state index is 0.133. The van der Waals surface area contributed by atoms with Crippen molar-refractivity contribution in [3.05, 3.63) is 41.6 Å². The minimum atomic E-state index is -4.52. The largest absolute Gasteiger partial charge is 0.418 e. The molecule has 0 saturated heterocycles. The molecule has 22 heavy (non-hydrogen) atoms. The van der Waals surface area contributed by atoms with Crippen LogP contribution in [0.4, 0.5) is 18.9 Å². The molecular weight excluding hydrogens is 295 g/mol. The Morgan fingerprint density at radius 1 is 1.41 bits per heavy atom. The number of amides is 1. The first-order valence-electron chi connectivity index (χ1n) is 6.63. The lowest BCUT2D eigenvalue weighted by Crippen LogP contribution is -2.33. The first kappa shape index (κ1) is 17.6. The van der Waals surface area contributed by atoms with Crippen molar-refractivity contribution in [1.29, 1.82) is 5.26 Å². The Hall–Kier alpha value is -2.49. The van der Waals surface area contributed by atoms with Gasteiger partial charge in [-0.25, -0.2) is 0 Å². The van der Waals surface area contributed by atoms with Gasteiger partial charge in [0.15, 0.2) is 0 Å². The fourth-order valence-electron chi connectivity index (χ4n) is 1.56. The van der Waals surface area contributed by atoms with E-state index in [2.05, 4.69) is 10.6 Å². The van der Waals surface area contributed by atoms with E-state index in [0.29, 0.717) is 6.42 Å². The van der Waals surface area contributed by atoms with Crippen LogP contribution in [0, 0.1) is 11.3 Å². The standard InChI is InChI=1S/C15H16F3N3O/c1-3-10(2)21-14(22)11(8-19)9-20-13-7-5-4-6-12(13)15(16,17)18/h4-7,9-10,20H,3H2,1-2H3,(H,21,22)/b11-9-. The monoisotopic (exact) mass is 311 g/mol. The average molecular weight is 311 g/mol. The van der Waals surface area contributed by atoms with E-state index in [9.17, 15) is 18.0 Å². The topological polar surface area (TPSA) is 64.9 Å². The molecule has 0 aliphatic heterocycles. The van der Waals surface area contributed by atoms with Crippen molar-refractivity contribution in [1.82, 2.24) is 5.32 Å². The molecule has 0 aliphatic carbocycles. The number of nitriles is 1. The first-order valence-corrected chi connectivity index (χ1v) is 6.63. The summed E-state index contributed by atoms with van der Waals surface area (Å²) in [7, 11) is 0. The van der Waals surface area contributed by atoms with Crippen molar-refractivity contribution >= 4 is 11.6 Å². The maximum Gasteiger partial charge on any atom is 0.418 e. The Labute approximate surface area is 126 Å². The Balaban J connectivity index is 2.95. The Morgan fingerprint density at radius 3 is 2.59 bits per heavy atom. The van der Waals surface area contributed by atoms with Gasteiger partial charge < -0.3 is 10.6 Å². The molecule has 1 atom stereocenters. The van der Waals surface area contributed by atoms with Crippen molar-refractivity contribution in [2.24, 2.45) is 0 Å². The van der Waals surface area contributed by atoms with E-state index < -0.39 is 17.6 Å². The van der Waals surface area contributed by atoms with E-state index in [4.69, 9.17) is 5.26 Å². The molecule has 1 unspecified atom stereocenters. The van der Waals surface area contributed by atoms with Crippen LogP contribution >= 0.6 is 0 Å². The highest BCUT2D eigenvalue weighted by Gasteiger charge is 2.33. The molecule has 2 N–H and O–H groups in total. The number of carbonyl (C=O) groups is 1. The van der Waals surface area contributed by atoms with Gasteiger partial charge in [-0.2, -0.15) is 18.4 Å². The fraction of sp³-hybridized carbons (Fsp3) is 0.333. The molecule has 1 rings (SSSR count). The predicted octanol–water partition coefficient (Wildman–Crippen LogP) is 3.44. The lowest BCUT2D eigenvalue weighted by molar-refractivity contribution is -0.136. The molecular formula is C15H16F3N3O. The van der Waals surface area contributed by atoms with Gasteiger partial charge in [-0.15, -0.1) is 0 Å². The Bertz CT molecular complexity index is 603. The smallest absolute Gasteiger partial charge is 0.360 e. The molecule has 0 fully saturated rings. The lowest BCUT2D eigenvalue weighted by atomic mass is 10.1. The summed E-state index contributed by atoms with van der Waals surface area (Å²) < 4.78 is 38.5. The van der Waals surface area contributed by atoms with Gasteiger partial charge in [-0.1, -0.05) is 19.1 Å². The van der Waals surface area contributed by atoms with Crippen LogP contribution in [0.3, 0.4) is 0 Å². The summed E-state index contributed by atoms with van der Waals surface area (Å²) in [5, 5.41) is 13.9. The van der Waals surface area contributed by atoms with Crippen LogP contribution in [-0.4, -0.2) is 11.9 Å². The third-order valence-corrected chi connectivity index (χ3v) is 2.96. The summed E-state index contributed by atoms with van der Waals surface area (Å²) in [6, 6.07) is 6.36. The second kappa shape index (κ2) is 7.50. The van der Waals surface area contributed by atoms with E-state index in [1.807, 2.05) is 6.92 Å². The highest BCUT2D eigenvalue weighted by atomic mass is 19.4. The summed E-state index contributed by atoms with van der Waals surface area (Å²) in [4.78, 5) is 11.8. The number of benzene rings is 1. The van der Waals surface area contributed by atoms with Crippen LogP contribution in [0.1, 0.15) is 25.8 Å². The number of hydrogen-bond acceptors (Lipinski definition) is 3. The highest BCUT2D eigenvalue weighted by Crippen LogP contribution is 2.34. The van der Waals surface area contributed by atoms with Crippen LogP contribution < -0.4 is 10.6 Å². The van der Waals surface area contributed by atoms with Crippen molar-refractivity contribution < 1.29 is 18.0 Å². The van der Waals surface area contributed by atoms with Crippen molar-refractivity contribution in [3.63, 3.8) is 0 Å². The van der Waals surface area contributed by atoms with E-state index in [0.717, 1.165) is 12.3 Å². The van der Waals surface area contributed by atoms with Crippen LogP contribution in [0.2, 0.25) is 0 Å². The van der Waals surface area contributed by atoms with Crippen LogP contribution in [0.25, 0.3) is 0 Å². The van der Waals surface area contributed by atoms with Gasteiger partial charge in [-0.3, -0.25) is 4.79 Å². The number of rotatable bonds is 5. The number of carbonyl (C=O) groups excluding carboxylic acids is 1. The Morgan fingerprint density at radius 2 is 2.05 bits per heavy atom. The number of anilines is 1.